The minimum Gasteiger partial charge on any atom is -0.465 e. The summed E-state index contributed by atoms with van der Waals surface area (Å²) in [4.78, 5) is 13.5. The molecule has 0 saturated heterocycles. The van der Waals surface area contributed by atoms with Crippen LogP contribution in [-0.2, 0) is 4.74 Å². The lowest BCUT2D eigenvalue weighted by molar-refractivity contribution is 0.0594. The fraction of sp³-hybridized carbons (Fsp3) is 0.533. The maximum atomic E-state index is 14.0. The molecule has 0 aliphatic carbocycles. The number of hydrogen-bond acceptors (Lipinski definition) is 4. The Morgan fingerprint density at radius 3 is 2.43 bits per heavy atom. The smallest absolute Gasteiger partial charge is 0.340 e. The van der Waals surface area contributed by atoms with Crippen LogP contribution < -0.4 is 5.32 Å². The topological polar surface area (TPSA) is 41.6 Å². The van der Waals surface area contributed by atoms with Crippen molar-refractivity contribution in [3.8, 4) is 0 Å². The van der Waals surface area contributed by atoms with Crippen LogP contribution in [0.3, 0.4) is 0 Å². The van der Waals surface area contributed by atoms with Crippen LogP contribution in [0, 0.1) is 11.6 Å². The highest BCUT2D eigenvalue weighted by molar-refractivity contribution is 5.90. The Hall–Kier alpha value is -1.69. The monoisotopic (exact) mass is 300 g/mol. The summed E-state index contributed by atoms with van der Waals surface area (Å²) in [5.74, 6) is -3.15. The highest BCUT2D eigenvalue weighted by Crippen LogP contribution is 2.22. The van der Waals surface area contributed by atoms with E-state index < -0.39 is 23.2 Å². The number of ether oxygens (including phenoxy) is 1. The number of hydrogen-bond donors (Lipinski definition) is 1. The lowest BCUT2D eigenvalue weighted by Crippen LogP contribution is -2.35. The lowest BCUT2D eigenvalue weighted by Gasteiger charge is -2.24. The number of halogens is 2. The molecule has 4 nitrogen and oxygen atoms in total. The van der Waals surface area contributed by atoms with Crippen LogP contribution in [0.15, 0.2) is 12.1 Å². The molecule has 1 rings (SSSR count). The van der Waals surface area contributed by atoms with Gasteiger partial charge in [-0.3, -0.25) is 0 Å². The van der Waals surface area contributed by atoms with Gasteiger partial charge in [0.05, 0.1) is 18.4 Å². The number of carbonyl (C=O) groups is 1. The third-order valence-electron chi connectivity index (χ3n) is 3.32. The Morgan fingerprint density at radius 1 is 1.29 bits per heavy atom. The van der Waals surface area contributed by atoms with E-state index in [1.54, 1.807) is 0 Å². The summed E-state index contributed by atoms with van der Waals surface area (Å²) in [6.07, 6.45) is 0. The number of rotatable bonds is 7. The van der Waals surface area contributed by atoms with Crippen LogP contribution in [0.1, 0.15) is 31.1 Å². The van der Waals surface area contributed by atoms with Gasteiger partial charge in [-0.2, -0.15) is 0 Å². The molecule has 0 saturated carbocycles. The molecular weight excluding hydrogens is 278 g/mol. The van der Waals surface area contributed by atoms with Crippen molar-refractivity contribution in [3.63, 3.8) is 0 Å². The molecule has 1 unspecified atom stereocenters. The van der Waals surface area contributed by atoms with Gasteiger partial charge < -0.3 is 15.0 Å². The van der Waals surface area contributed by atoms with E-state index in [9.17, 15) is 13.6 Å². The van der Waals surface area contributed by atoms with E-state index in [4.69, 9.17) is 0 Å². The molecule has 1 aromatic rings. The molecule has 0 amide bonds. The molecule has 118 valence electrons. The SMILES string of the molecule is CCN(CC)CC(C)Nc1ccc(C(=O)OC)c(F)c1F. The maximum absolute atomic E-state index is 14.0. The average molecular weight is 300 g/mol. The van der Waals surface area contributed by atoms with E-state index in [2.05, 4.69) is 15.0 Å². The molecular formula is C15H22F2N2O2. The number of methoxy groups -OCH3 is 1. The molecule has 0 aromatic heterocycles. The molecule has 0 fully saturated rings. The van der Waals surface area contributed by atoms with Gasteiger partial charge in [-0.1, -0.05) is 13.8 Å². The van der Waals surface area contributed by atoms with Gasteiger partial charge in [0.1, 0.15) is 0 Å². The number of likely N-dealkylation sites (N-methyl/N-ethyl adjacent to an activating group) is 1. The quantitative estimate of drug-likeness (QED) is 0.786. The van der Waals surface area contributed by atoms with Crippen molar-refractivity contribution in [1.29, 1.82) is 0 Å². The average Bonchev–Trinajstić information content (AvgIpc) is 2.48. The molecule has 0 aliphatic rings. The van der Waals surface area contributed by atoms with E-state index >= 15 is 0 Å². The van der Waals surface area contributed by atoms with Gasteiger partial charge in [0.25, 0.3) is 0 Å². The van der Waals surface area contributed by atoms with Gasteiger partial charge in [-0.15, -0.1) is 0 Å². The fourth-order valence-corrected chi connectivity index (χ4v) is 2.11. The van der Waals surface area contributed by atoms with Crippen molar-refractivity contribution < 1.29 is 18.3 Å². The second kappa shape index (κ2) is 7.93. The first kappa shape index (κ1) is 17.4. The molecule has 0 heterocycles. The van der Waals surface area contributed by atoms with Gasteiger partial charge >= 0.3 is 5.97 Å². The van der Waals surface area contributed by atoms with Crippen molar-refractivity contribution in [3.05, 3.63) is 29.3 Å². The van der Waals surface area contributed by atoms with Gasteiger partial charge in [0, 0.05) is 12.6 Å². The van der Waals surface area contributed by atoms with Crippen molar-refractivity contribution in [1.82, 2.24) is 4.90 Å². The summed E-state index contributed by atoms with van der Waals surface area (Å²) in [6.45, 7) is 8.47. The molecule has 0 spiro atoms. The first-order valence-corrected chi connectivity index (χ1v) is 6.99. The zero-order chi connectivity index (χ0) is 16.0. The number of esters is 1. The van der Waals surface area contributed by atoms with E-state index in [1.165, 1.54) is 12.1 Å². The summed E-state index contributed by atoms with van der Waals surface area (Å²) < 4.78 is 32.2. The van der Waals surface area contributed by atoms with Gasteiger partial charge in [-0.25, -0.2) is 13.6 Å². The van der Waals surface area contributed by atoms with Gasteiger partial charge in [0.2, 0.25) is 0 Å². The summed E-state index contributed by atoms with van der Waals surface area (Å²) in [5, 5.41) is 2.93. The lowest BCUT2D eigenvalue weighted by atomic mass is 10.1. The van der Waals surface area contributed by atoms with Gasteiger partial charge in [-0.05, 0) is 32.1 Å². The molecule has 0 radical (unpaired) electrons. The highest BCUT2D eigenvalue weighted by atomic mass is 19.2. The minimum absolute atomic E-state index is 0.0415. The van der Waals surface area contributed by atoms with Gasteiger partial charge in [0.15, 0.2) is 11.6 Å². The second-order valence-electron chi connectivity index (χ2n) is 4.81. The maximum Gasteiger partial charge on any atom is 0.340 e. The van der Waals surface area contributed by atoms with Crippen LogP contribution in [0.5, 0.6) is 0 Å². The van der Waals surface area contributed by atoms with E-state index in [-0.39, 0.29) is 11.7 Å². The van der Waals surface area contributed by atoms with Crippen molar-refractivity contribution in [2.45, 2.75) is 26.8 Å². The fourth-order valence-electron chi connectivity index (χ4n) is 2.11. The van der Waals surface area contributed by atoms with E-state index in [1.807, 2.05) is 20.8 Å². The van der Waals surface area contributed by atoms with Crippen molar-refractivity contribution in [2.75, 3.05) is 32.1 Å². The standard InChI is InChI=1S/C15H22F2N2O2/c1-5-19(6-2)9-10(3)18-12-8-7-11(15(20)21-4)13(16)14(12)17/h7-8,10,18H,5-6,9H2,1-4H3. The summed E-state index contributed by atoms with van der Waals surface area (Å²) >= 11 is 0. The predicted molar refractivity (Wildman–Crippen MR) is 78.6 cm³/mol. The van der Waals surface area contributed by atoms with Crippen LogP contribution in [0.25, 0.3) is 0 Å². The largest absolute Gasteiger partial charge is 0.465 e. The minimum atomic E-state index is -1.19. The summed E-state index contributed by atoms with van der Waals surface area (Å²) in [6, 6.07) is 2.52. The van der Waals surface area contributed by atoms with E-state index in [0.29, 0.717) is 6.54 Å². The Balaban J connectivity index is 2.85. The van der Waals surface area contributed by atoms with Crippen molar-refractivity contribution >= 4 is 11.7 Å². The van der Waals surface area contributed by atoms with E-state index in [0.717, 1.165) is 20.2 Å². The first-order chi connectivity index (χ1) is 9.94. The predicted octanol–water partition coefficient (Wildman–Crippen LogP) is 2.89. The van der Waals surface area contributed by atoms with Crippen molar-refractivity contribution in [2.24, 2.45) is 0 Å². The molecule has 6 heteroatoms. The zero-order valence-corrected chi connectivity index (χ0v) is 12.9. The molecule has 1 N–H and O–H groups in total. The number of nitrogens with one attached hydrogen (secondary N) is 1. The van der Waals surface area contributed by atoms with Crippen LogP contribution in [0.4, 0.5) is 14.5 Å². The molecule has 1 atom stereocenters. The third-order valence-corrected chi connectivity index (χ3v) is 3.32. The number of nitrogens with zero attached hydrogens (tertiary/aromatic N) is 1. The normalized spacial score (nSPS) is 12.3. The molecule has 1 aromatic carbocycles. The number of benzene rings is 1. The Kier molecular flexibility index (Phi) is 6.55. The molecule has 0 bridgehead atoms. The Labute approximate surface area is 124 Å². The second-order valence-corrected chi connectivity index (χ2v) is 4.81. The third kappa shape index (κ3) is 4.39. The number of anilines is 1. The van der Waals surface area contributed by atoms with Crippen LogP contribution in [0.2, 0.25) is 0 Å². The Bertz CT molecular complexity index is 491. The first-order valence-electron chi connectivity index (χ1n) is 6.99. The number of carbonyl (C=O) groups excluding carboxylic acids is 1. The summed E-state index contributed by atoms with van der Waals surface area (Å²) in [5.41, 5.74) is -0.364. The Morgan fingerprint density at radius 2 is 1.90 bits per heavy atom. The molecule has 21 heavy (non-hydrogen) atoms. The summed E-state index contributed by atoms with van der Waals surface area (Å²) in [7, 11) is 1.12. The van der Waals surface area contributed by atoms with Crippen LogP contribution in [-0.4, -0.2) is 43.7 Å². The molecule has 0 aliphatic heterocycles. The highest BCUT2D eigenvalue weighted by Gasteiger charge is 2.20. The zero-order valence-electron chi connectivity index (χ0n) is 12.9. The van der Waals surface area contributed by atoms with Crippen LogP contribution >= 0.6 is 0 Å².